The molecule has 27 heavy (non-hydrogen) atoms. The Hall–Kier alpha value is -2.87. The zero-order valence-electron chi connectivity index (χ0n) is 15.7. The van der Waals surface area contributed by atoms with E-state index in [0.717, 1.165) is 11.3 Å². The van der Waals surface area contributed by atoms with E-state index in [2.05, 4.69) is 10.5 Å². The molecule has 0 aliphatic rings. The van der Waals surface area contributed by atoms with E-state index in [1.165, 1.54) is 0 Å². The Morgan fingerprint density at radius 3 is 2.56 bits per heavy atom. The van der Waals surface area contributed by atoms with Crippen molar-refractivity contribution >= 4 is 11.9 Å². The van der Waals surface area contributed by atoms with Crippen LogP contribution in [0.1, 0.15) is 33.8 Å². The third kappa shape index (κ3) is 6.41. The van der Waals surface area contributed by atoms with Gasteiger partial charge < -0.3 is 24.1 Å². The second kappa shape index (κ2) is 10.3. The van der Waals surface area contributed by atoms with E-state index in [-0.39, 0.29) is 12.5 Å². The Bertz CT molecular complexity index is 735. The molecular weight excluding hydrogens is 352 g/mol. The van der Waals surface area contributed by atoms with Crippen LogP contribution in [0.15, 0.2) is 28.8 Å². The molecular formula is C19H24N2O6. The van der Waals surface area contributed by atoms with Crippen LogP contribution in [0.25, 0.3) is 0 Å². The third-order valence-electron chi connectivity index (χ3n) is 3.84. The normalized spacial score (nSPS) is 10.5. The highest BCUT2D eigenvalue weighted by atomic mass is 16.5. The fourth-order valence-electron chi connectivity index (χ4n) is 2.26. The van der Waals surface area contributed by atoms with E-state index in [1.807, 2.05) is 13.8 Å². The Kier molecular flexibility index (Phi) is 7.81. The molecule has 0 aliphatic carbocycles. The topological polar surface area (TPSA) is 99.9 Å². The average molecular weight is 376 g/mol. The highest BCUT2D eigenvalue weighted by Crippen LogP contribution is 2.18. The number of benzene rings is 1. The number of methoxy groups -OCH3 is 1. The lowest BCUT2D eigenvalue weighted by atomic mass is 10.2. The van der Waals surface area contributed by atoms with E-state index >= 15 is 0 Å². The van der Waals surface area contributed by atoms with Gasteiger partial charge in [-0.05, 0) is 44.5 Å². The molecule has 0 saturated carbocycles. The van der Waals surface area contributed by atoms with Gasteiger partial charge in [0.25, 0.3) is 5.91 Å². The first-order valence-electron chi connectivity index (χ1n) is 8.58. The molecule has 8 nitrogen and oxygen atoms in total. The predicted molar refractivity (Wildman–Crippen MR) is 96.5 cm³/mol. The molecule has 0 aliphatic heterocycles. The molecule has 8 heteroatoms. The maximum Gasteiger partial charge on any atom is 0.338 e. The Morgan fingerprint density at radius 2 is 1.93 bits per heavy atom. The second-order valence-electron chi connectivity index (χ2n) is 5.89. The number of esters is 1. The van der Waals surface area contributed by atoms with Crippen molar-refractivity contribution in [1.29, 1.82) is 0 Å². The van der Waals surface area contributed by atoms with Crippen LogP contribution in [0.4, 0.5) is 0 Å². The summed E-state index contributed by atoms with van der Waals surface area (Å²) in [5, 5.41) is 6.52. The molecule has 146 valence electrons. The van der Waals surface area contributed by atoms with Crippen molar-refractivity contribution in [3.8, 4) is 5.75 Å². The van der Waals surface area contributed by atoms with Gasteiger partial charge in [-0.1, -0.05) is 5.16 Å². The van der Waals surface area contributed by atoms with Crippen LogP contribution in [0.3, 0.4) is 0 Å². The number of amides is 1. The Balaban J connectivity index is 1.77. The van der Waals surface area contributed by atoms with Gasteiger partial charge in [0.05, 0.1) is 16.8 Å². The minimum absolute atomic E-state index is 0.323. The number of hydrogen-bond donors (Lipinski definition) is 1. The molecule has 2 rings (SSSR count). The van der Waals surface area contributed by atoms with Crippen molar-refractivity contribution in [2.75, 3.05) is 26.9 Å². The standard InChI is InChI=1S/C19H24N2O6/c1-13-17(14(2)27-21-13)11-25-16-7-5-15(6-8-16)19(23)26-12-18(22)20-9-4-10-24-3/h5-8H,4,9-12H2,1-3H3,(H,20,22). The molecule has 1 aromatic heterocycles. The summed E-state index contributed by atoms with van der Waals surface area (Å²) in [6.45, 7) is 4.71. The molecule has 0 unspecified atom stereocenters. The number of nitrogens with one attached hydrogen (secondary N) is 1. The summed E-state index contributed by atoms with van der Waals surface area (Å²) >= 11 is 0. The highest BCUT2D eigenvalue weighted by molar-refractivity contribution is 5.91. The van der Waals surface area contributed by atoms with E-state index in [0.29, 0.717) is 43.3 Å². The number of carbonyl (C=O) groups is 2. The smallest absolute Gasteiger partial charge is 0.338 e. The lowest BCUT2D eigenvalue weighted by Gasteiger charge is -2.08. The number of nitrogens with zero attached hydrogens (tertiary/aromatic N) is 1. The summed E-state index contributed by atoms with van der Waals surface area (Å²) in [5.74, 6) is 0.397. The van der Waals surface area contributed by atoms with Gasteiger partial charge in [0.2, 0.25) is 0 Å². The predicted octanol–water partition coefficient (Wildman–Crippen LogP) is 2.18. The van der Waals surface area contributed by atoms with Crippen molar-refractivity contribution in [3.05, 3.63) is 46.8 Å². The largest absolute Gasteiger partial charge is 0.489 e. The van der Waals surface area contributed by atoms with Gasteiger partial charge in [0, 0.05) is 20.3 Å². The van der Waals surface area contributed by atoms with Gasteiger partial charge in [0.1, 0.15) is 18.1 Å². The Morgan fingerprint density at radius 1 is 1.19 bits per heavy atom. The number of carbonyl (C=O) groups excluding carboxylic acids is 2. The molecule has 0 bridgehead atoms. The van der Waals surface area contributed by atoms with Crippen molar-refractivity contribution in [1.82, 2.24) is 10.5 Å². The van der Waals surface area contributed by atoms with Crippen LogP contribution in [0.2, 0.25) is 0 Å². The van der Waals surface area contributed by atoms with Crippen LogP contribution < -0.4 is 10.1 Å². The van der Waals surface area contributed by atoms with E-state index in [9.17, 15) is 9.59 Å². The van der Waals surface area contributed by atoms with Gasteiger partial charge in [0.15, 0.2) is 6.61 Å². The quantitative estimate of drug-likeness (QED) is 0.501. The lowest BCUT2D eigenvalue weighted by molar-refractivity contribution is -0.124. The first kappa shape index (κ1) is 20.4. The molecule has 1 heterocycles. The fourth-order valence-corrected chi connectivity index (χ4v) is 2.26. The number of aryl methyl sites for hydroxylation is 2. The van der Waals surface area contributed by atoms with Crippen LogP contribution in [0, 0.1) is 13.8 Å². The van der Waals surface area contributed by atoms with Gasteiger partial charge in [-0.15, -0.1) is 0 Å². The molecule has 0 fully saturated rings. The van der Waals surface area contributed by atoms with Gasteiger partial charge in [-0.3, -0.25) is 4.79 Å². The first-order chi connectivity index (χ1) is 13.0. The summed E-state index contributed by atoms with van der Waals surface area (Å²) in [5.41, 5.74) is 2.02. The number of ether oxygens (including phenoxy) is 3. The molecule has 0 saturated heterocycles. The van der Waals surface area contributed by atoms with Crippen LogP contribution in [0.5, 0.6) is 5.75 Å². The number of hydrogen-bond acceptors (Lipinski definition) is 7. The molecule has 1 aromatic carbocycles. The minimum atomic E-state index is -0.570. The van der Waals surface area contributed by atoms with Gasteiger partial charge in [-0.25, -0.2) is 4.79 Å². The number of aromatic nitrogens is 1. The minimum Gasteiger partial charge on any atom is -0.489 e. The van der Waals surface area contributed by atoms with Crippen molar-refractivity contribution in [2.24, 2.45) is 0 Å². The van der Waals surface area contributed by atoms with Gasteiger partial charge >= 0.3 is 5.97 Å². The monoisotopic (exact) mass is 376 g/mol. The molecule has 0 radical (unpaired) electrons. The molecule has 2 aromatic rings. The third-order valence-corrected chi connectivity index (χ3v) is 3.84. The summed E-state index contributed by atoms with van der Waals surface area (Å²) in [6.07, 6.45) is 0.700. The highest BCUT2D eigenvalue weighted by Gasteiger charge is 2.12. The lowest BCUT2D eigenvalue weighted by Crippen LogP contribution is -2.30. The summed E-state index contributed by atoms with van der Waals surface area (Å²) in [7, 11) is 1.59. The first-order valence-corrected chi connectivity index (χ1v) is 8.58. The van der Waals surface area contributed by atoms with E-state index in [4.69, 9.17) is 18.7 Å². The Labute approximate surface area is 157 Å². The SMILES string of the molecule is COCCCNC(=O)COC(=O)c1ccc(OCc2c(C)noc2C)cc1. The van der Waals surface area contributed by atoms with Crippen LogP contribution in [-0.4, -0.2) is 43.9 Å². The van der Waals surface area contributed by atoms with Crippen LogP contribution >= 0.6 is 0 Å². The van der Waals surface area contributed by atoms with Gasteiger partial charge in [-0.2, -0.15) is 0 Å². The molecule has 1 N–H and O–H groups in total. The average Bonchev–Trinajstić information content (AvgIpc) is 3.00. The molecule has 1 amide bonds. The van der Waals surface area contributed by atoms with Crippen molar-refractivity contribution in [3.63, 3.8) is 0 Å². The summed E-state index contributed by atoms with van der Waals surface area (Å²) in [6, 6.07) is 6.50. The second-order valence-corrected chi connectivity index (χ2v) is 5.89. The number of rotatable bonds is 10. The summed E-state index contributed by atoms with van der Waals surface area (Å²) < 4.78 is 20.6. The van der Waals surface area contributed by atoms with Crippen molar-refractivity contribution in [2.45, 2.75) is 26.9 Å². The van der Waals surface area contributed by atoms with Crippen molar-refractivity contribution < 1.29 is 28.3 Å². The van der Waals surface area contributed by atoms with E-state index < -0.39 is 5.97 Å². The zero-order valence-corrected chi connectivity index (χ0v) is 15.7. The fraction of sp³-hybridized carbons (Fsp3) is 0.421. The maximum absolute atomic E-state index is 12.0. The molecule has 0 atom stereocenters. The summed E-state index contributed by atoms with van der Waals surface area (Å²) in [4.78, 5) is 23.6. The zero-order chi connectivity index (χ0) is 19.6. The molecule has 0 spiro atoms. The van der Waals surface area contributed by atoms with Crippen LogP contribution in [-0.2, 0) is 20.9 Å². The maximum atomic E-state index is 12.0. The van der Waals surface area contributed by atoms with E-state index in [1.54, 1.807) is 31.4 Å².